The van der Waals surface area contributed by atoms with E-state index in [9.17, 15) is 0 Å². The Morgan fingerprint density at radius 3 is 2.88 bits per heavy atom. The minimum absolute atomic E-state index is 0.0786. The number of methoxy groups -OCH3 is 1. The van der Waals surface area contributed by atoms with E-state index in [1.165, 1.54) is 4.90 Å². The molecule has 2 atom stereocenters. The van der Waals surface area contributed by atoms with Gasteiger partial charge in [0.2, 0.25) is 0 Å². The first-order valence-electron chi connectivity index (χ1n) is 7.60. The maximum Gasteiger partial charge on any atom is 0.274 e. The number of rotatable bonds is 6. The topological polar surface area (TPSA) is 52.6 Å². The van der Waals surface area contributed by atoms with Crippen LogP contribution in [0.4, 0.5) is 0 Å². The Morgan fingerprint density at radius 1 is 1.33 bits per heavy atom. The lowest BCUT2D eigenvalue weighted by atomic mass is 10.1. The quantitative estimate of drug-likeness (QED) is 0.679. The lowest BCUT2D eigenvalue weighted by Gasteiger charge is -2.20. The van der Waals surface area contributed by atoms with Crippen molar-refractivity contribution < 1.29 is 14.1 Å². The standard InChI is InChI=1S/C17H18BrN3O2S/c1-11(16-19-20-17(23-16)15-5-4-8-24-15)21(2)10-12-9-13(18)6-7-14(12)22-3/h4-9,11H,10H2,1-3H3/p+1/t11-/m1/s1. The first kappa shape index (κ1) is 17.1. The van der Waals surface area contributed by atoms with Crippen LogP contribution in [-0.4, -0.2) is 24.4 Å². The fraction of sp³-hybridized carbons (Fsp3) is 0.294. The van der Waals surface area contributed by atoms with E-state index in [4.69, 9.17) is 9.15 Å². The predicted octanol–water partition coefficient (Wildman–Crippen LogP) is 3.35. The smallest absolute Gasteiger partial charge is 0.274 e. The van der Waals surface area contributed by atoms with Crippen molar-refractivity contribution >= 4 is 27.3 Å². The fourth-order valence-corrected chi connectivity index (χ4v) is 3.51. The van der Waals surface area contributed by atoms with Crippen molar-refractivity contribution in [3.63, 3.8) is 0 Å². The molecule has 0 fully saturated rings. The molecule has 1 unspecified atom stereocenters. The van der Waals surface area contributed by atoms with Crippen LogP contribution in [-0.2, 0) is 6.54 Å². The highest BCUT2D eigenvalue weighted by atomic mass is 79.9. The number of hydrogen-bond donors (Lipinski definition) is 1. The molecular weight excluding hydrogens is 390 g/mol. The monoisotopic (exact) mass is 408 g/mol. The van der Waals surface area contributed by atoms with Crippen molar-refractivity contribution in [2.75, 3.05) is 14.2 Å². The molecule has 0 aliphatic heterocycles. The SMILES string of the molecule is COc1ccc(Br)cc1C[NH+](C)[C@H](C)c1nnc(-c2cccs2)o1. The van der Waals surface area contributed by atoms with E-state index in [0.29, 0.717) is 11.8 Å². The summed E-state index contributed by atoms with van der Waals surface area (Å²) in [4.78, 5) is 2.24. The van der Waals surface area contributed by atoms with E-state index in [2.05, 4.69) is 46.2 Å². The van der Waals surface area contributed by atoms with Crippen molar-refractivity contribution in [3.8, 4) is 16.5 Å². The Labute approximate surface area is 153 Å². The van der Waals surface area contributed by atoms with Gasteiger partial charge in [0.15, 0.2) is 6.04 Å². The van der Waals surface area contributed by atoms with E-state index in [1.807, 2.05) is 29.6 Å². The minimum Gasteiger partial charge on any atom is -0.496 e. The van der Waals surface area contributed by atoms with Gasteiger partial charge in [-0.2, -0.15) is 0 Å². The van der Waals surface area contributed by atoms with Gasteiger partial charge in [-0.3, -0.25) is 0 Å². The summed E-state index contributed by atoms with van der Waals surface area (Å²) in [5.74, 6) is 2.11. The first-order valence-corrected chi connectivity index (χ1v) is 9.27. The fourth-order valence-electron chi connectivity index (χ4n) is 2.46. The normalized spacial score (nSPS) is 13.7. The molecule has 7 heteroatoms. The Bertz CT molecular complexity index is 804. The third kappa shape index (κ3) is 3.68. The summed E-state index contributed by atoms with van der Waals surface area (Å²) < 4.78 is 12.3. The van der Waals surface area contributed by atoms with E-state index >= 15 is 0 Å². The van der Waals surface area contributed by atoms with Gasteiger partial charge in [0.05, 0.1) is 19.0 Å². The number of quaternary nitrogens is 1. The van der Waals surface area contributed by atoms with Crippen LogP contribution in [0.15, 0.2) is 44.6 Å². The Balaban J connectivity index is 1.75. The largest absolute Gasteiger partial charge is 0.496 e. The van der Waals surface area contributed by atoms with Crippen LogP contribution in [0.5, 0.6) is 5.75 Å². The summed E-state index contributed by atoms with van der Waals surface area (Å²) in [6.07, 6.45) is 0. The van der Waals surface area contributed by atoms with Gasteiger partial charge in [-0.05, 0) is 36.6 Å². The molecule has 5 nitrogen and oxygen atoms in total. The number of nitrogens with zero attached hydrogens (tertiary/aromatic N) is 2. The summed E-state index contributed by atoms with van der Waals surface area (Å²) in [5.41, 5.74) is 1.13. The second kappa shape index (κ2) is 7.46. The maximum atomic E-state index is 5.86. The molecule has 2 heterocycles. The van der Waals surface area contributed by atoms with E-state index in [-0.39, 0.29) is 6.04 Å². The second-order valence-corrected chi connectivity index (χ2v) is 7.49. The molecule has 3 rings (SSSR count). The van der Waals surface area contributed by atoms with Crippen LogP contribution in [0, 0.1) is 0 Å². The molecule has 0 amide bonds. The average molecular weight is 409 g/mol. The van der Waals surface area contributed by atoms with E-state index in [0.717, 1.165) is 27.2 Å². The zero-order valence-electron chi connectivity index (χ0n) is 13.7. The molecule has 0 spiro atoms. The molecule has 1 N–H and O–H groups in total. The first-order chi connectivity index (χ1) is 11.6. The van der Waals surface area contributed by atoms with Gasteiger partial charge in [-0.15, -0.1) is 21.5 Å². The number of hydrogen-bond acceptors (Lipinski definition) is 5. The maximum absolute atomic E-state index is 5.86. The third-order valence-corrected chi connectivity index (χ3v) is 5.35. The Hall–Kier alpha value is -1.70. The van der Waals surface area contributed by atoms with Gasteiger partial charge in [-0.25, -0.2) is 0 Å². The lowest BCUT2D eigenvalue weighted by molar-refractivity contribution is -0.925. The van der Waals surface area contributed by atoms with Crippen LogP contribution < -0.4 is 9.64 Å². The number of benzene rings is 1. The molecule has 0 radical (unpaired) electrons. The predicted molar refractivity (Wildman–Crippen MR) is 97.3 cm³/mol. The molecule has 0 bridgehead atoms. The van der Waals surface area contributed by atoms with Crippen molar-refractivity contribution in [2.24, 2.45) is 0 Å². The molecule has 0 aliphatic carbocycles. The van der Waals surface area contributed by atoms with Crippen LogP contribution in [0.25, 0.3) is 10.8 Å². The summed E-state index contributed by atoms with van der Waals surface area (Å²) in [5, 5.41) is 10.4. The molecule has 3 aromatic rings. The van der Waals surface area contributed by atoms with Gasteiger partial charge >= 0.3 is 0 Å². The van der Waals surface area contributed by atoms with Crippen molar-refractivity contribution in [3.05, 3.63) is 51.6 Å². The van der Waals surface area contributed by atoms with Crippen molar-refractivity contribution in [1.29, 1.82) is 0 Å². The zero-order chi connectivity index (χ0) is 17.1. The Morgan fingerprint density at radius 2 is 2.17 bits per heavy atom. The molecular formula is C17H19BrN3O2S+. The minimum atomic E-state index is 0.0786. The highest BCUT2D eigenvalue weighted by Gasteiger charge is 2.24. The van der Waals surface area contributed by atoms with E-state index in [1.54, 1.807) is 18.4 Å². The van der Waals surface area contributed by atoms with Gasteiger partial charge < -0.3 is 14.1 Å². The highest BCUT2D eigenvalue weighted by Crippen LogP contribution is 2.25. The number of ether oxygens (including phenoxy) is 1. The average Bonchev–Trinajstić information content (AvgIpc) is 3.25. The molecule has 24 heavy (non-hydrogen) atoms. The van der Waals surface area contributed by atoms with Crippen molar-refractivity contribution in [1.82, 2.24) is 10.2 Å². The molecule has 0 saturated heterocycles. The van der Waals surface area contributed by atoms with Crippen LogP contribution >= 0.6 is 27.3 Å². The lowest BCUT2D eigenvalue weighted by Crippen LogP contribution is -3.07. The van der Waals surface area contributed by atoms with Gasteiger partial charge in [0, 0.05) is 10.0 Å². The molecule has 0 saturated carbocycles. The van der Waals surface area contributed by atoms with E-state index < -0.39 is 0 Å². The molecule has 126 valence electrons. The van der Waals surface area contributed by atoms with Crippen LogP contribution in [0.3, 0.4) is 0 Å². The highest BCUT2D eigenvalue weighted by molar-refractivity contribution is 9.10. The van der Waals surface area contributed by atoms with Crippen molar-refractivity contribution in [2.45, 2.75) is 19.5 Å². The number of nitrogens with one attached hydrogen (secondary N) is 1. The van der Waals surface area contributed by atoms with Gasteiger partial charge in [0.25, 0.3) is 11.8 Å². The summed E-state index contributed by atoms with van der Waals surface area (Å²) >= 11 is 5.11. The summed E-state index contributed by atoms with van der Waals surface area (Å²) in [7, 11) is 3.80. The Kier molecular flexibility index (Phi) is 5.33. The third-order valence-electron chi connectivity index (χ3n) is 3.99. The summed E-state index contributed by atoms with van der Waals surface area (Å²) in [6.45, 7) is 2.88. The number of halogens is 1. The van der Waals surface area contributed by atoms with Gasteiger partial charge in [0.1, 0.15) is 12.3 Å². The summed E-state index contributed by atoms with van der Waals surface area (Å²) in [6, 6.07) is 10.1. The van der Waals surface area contributed by atoms with Crippen LogP contribution in [0.1, 0.15) is 24.4 Å². The van der Waals surface area contributed by atoms with Gasteiger partial charge in [-0.1, -0.05) is 22.0 Å². The number of thiophene rings is 1. The zero-order valence-corrected chi connectivity index (χ0v) is 16.1. The molecule has 2 aromatic heterocycles. The second-order valence-electron chi connectivity index (χ2n) is 5.62. The molecule has 0 aliphatic rings. The number of aromatic nitrogens is 2. The van der Waals surface area contributed by atoms with Crippen LogP contribution in [0.2, 0.25) is 0 Å². The molecule has 1 aromatic carbocycles.